The van der Waals surface area contributed by atoms with Gasteiger partial charge in [-0.2, -0.15) is 0 Å². The smallest absolute Gasteiger partial charge is 0.0540 e. The summed E-state index contributed by atoms with van der Waals surface area (Å²) in [5.41, 5.74) is 18.5. The number of fused-ring (bicyclic) bond motifs is 3. The molecule has 1 nitrogen and oxygen atoms in total. The van der Waals surface area contributed by atoms with Gasteiger partial charge in [0.1, 0.15) is 0 Å². The van der Waals surface area contributed by atoms with Crippen LogP contribution in [-0.4, -0.2) is 0 Å². The molecule has 0 radical (unpaired) electrons. The van der Waals surface area contributed by atoms with E-state index >= 15 is 0 Å². The number of benzene rings is 6. The maximum Gasteiger partial charge on any atom is 0.0540 e. The van der Waals surface area contributed by atoms with Crippen LogP contribution < -0.4 is 4.90 Å². The fourth-order valence-corrected chi connectivity index (χ4v) is 10.8. The lowest BCUT2D eigenvalue weighted by Crippen LogP contribution is -2.32. The number of allylic oxidation sites excluding steroid dienone is 8. The predicted octanol–water partition coefficient (Wildman–Crippen LogP) is 16.7. The molecule has 2 atom stereocenters. The topological polar surface area (TPSA) is 3.24 Å². The molecule has 0 amide bonds. The molecule has 0 aliphatic heterocycles. The van der Waals surface area contributed by atoms with Crippen molar-refractivity contribution >= 4 is 39.0 Å². The predicted molar refractivity (Wildman–Crippen MR) is 255 cm³/mol. The monoisotopic (exact) mass is 769 g/mol. The van der Waals surface area contributed by atoms with Gasteiger partial charge >= 0.3 is 0 Å². The zero-order valence-corrected chi connectivity index (χ0v) is 36.5. The molecule has 6 aromatic rings. The molecule has 0 fully saturated rings. The molecule has 0 saturated heterocycles. The summed E-state index contributed by atoms with van der Waals surface area (Å²) in [7, 11) is 0. The highest BCUT2D eigenvalue weighted by atomic mass is 15.2. The van der Waals surface area contributed by atoms with Gasteiger partial charge in [-0.25, -0.2) is 0 Å². The molecule has 2 unspecified atom stereocenters. The summed E-state index contributed by atoms with van der Waals surface area (Å²) >= 11 is 0. The summed E-state index contributed by atoms with van der Waals surface area (Å²) in [6.07, 6.45) is 12.0. The molecule has 6 aromatic carbocycles. The van der Waals surface area contributed by atoms with Gasteiger partial charge in [-0.1, -0.05) is 207 Å². The number of nitrogens with zero attached hydrogens (tertiary/aromatic N) is 1. The normalized spacial score (nSPS) is 18.7. The summed E-state index contributed by atoms with van der Waals surface area (Å²) in [5.74, 6) is 0.832. The summed E-state index contributed by atoms with van der Waals surface area (Å²) in [5, 5.41) is 2.52. The first kappa shape index (κ1) is 38.8. The molecule has 59 heavy (non-hydrogen) atoms. The third-order valence-electron chi connectivity index (χ3n) is 13.5. The Morgan fingerprint density at radius 1 is 0.610 bits per heavy atom. The molecule has 0 saturated carbocycles. The summed E-state index contributed by atoms with van der Waals surface area (Å²) in [6, 6.07) is 49.9. The maximum atomic E-state index is 2.63. The molecule has 0 spiro atoms. The number of anilines is 3. The Balaban J connectivity index is 1.36. The van der Waals surface area contributed by atoms with E-state index in [1.807, 2.05) is 0 Å². The zero-order chi connectivity index (χ0) is 41.3. The summed E-state index contributed by atoms with van der Waals surface area (Å²) in [6.45, 7) is 21.7. The third-order valence-corrected chi connectivity index (χ3v) is 13.5. The minimum Gasteiger partial charge on any atom is -0.309 e. The fraction of sp³-hybridized carbons (Fsp3) is 0.276. The highest BCUT2D eigenvalue weighted by Gasteiger charge is 2.41. The molecule has 0 aromatic heterocycles. The Morgan fingerprint density at radius 3 is 1.90 bits per heavy atom. The van der Waals surface area contributed by atoms with Crippen LogP contribution in [0.1, 0.15) is 91.8 Å². The SMILES string of the molecule is CC1C(C(C)(C)C)=CC(c2ccccc2N(c2ccccc2-c2cccc3cccc(-c4ccccc4)c23)c2cccc3c2C2=C(C=CCC2)C3(C)C)=CC1C(C)(C)C. The zero-order valence-electron chi connectivity index (χ0n) is 36.5. The van der Waals surface area contributed by atoms with Crippen molar-refractivity contribution in [1.29, 1.82) is 0 Å². The van der Waals surface area contributed by atoms with E-state index < -0.39 is 0 Å². The van der Waals surface area contributed by atoms with Crippen molar-refractivity contribution < 1.29 is 0 Å². The van der Waals surface area contributed by atoms with Crippen LogP contribution in [0.4, 0.5) is 17.1 Å². The Bertz CT molecular complexity index is 2710. The van der Waals surface area contributed by atoms with E-state index in [0.29, 0.717) is 11.8 Å². The molecular formula is C58H59N. The van der Waals surface area contributed by atoms with Gasteiger partial charge in [0.15, 0.2) is 0 Å². The molecule has 3 aliphatic carbocycles. The molecule has 0 N–H and O–H groups in total. The van der Waals surface area contributed by atoms with E-state index in [1.165, 1.54) is 89.1 Å². The first-order valence-corrected chi connectivity index (χ1v) is 21.8. The Labute approximate surface area is 353 Å². The number of hydrogen-bond acceptors (Lipinski definition) is 1. The minimum absolute atomic E-state index is 0.0394. The average molecular weight is 770 g/mol. The van der Waals surface area contributed by atoms with Gasteiger partial charge in [-0.3, -0.25) is 0 Å². The van der Waals surface area contributed by atoms with Gasteiger partial charge in [0.25, 0.3) is 0 Å². The molecular weight excluding hydrogens is 711 g/mol. The van der Waals surface area contributed by atoms with Gasteiger partial charge in [0.2, 0.25) is 0 Å². The molecule has 3 aliphatic rings. The largest absolute Gasteiger partial charge is 0.309 e. The van der Waals surface area contributed by atoms with Gasteiger partial charge in [-0.15, -0.1) is 0 Å². The maximum absolute atomic E-state index is 2.63. The standard InChI is InChI=1S/C58H59N/c1-38-49(56(2,3)4)36-41(37-50(38)57(5,6)7)42-26-14-17-33-51(42)59(53-35-21-32-48-55(53)46-28-13-16-31-47(46)58(48,8)9)52-34-18-15-27-44(52)45-30-20-25-40-24-19-29-43(54(40)45)39-22-11-10-12-23-39/h10-12,14-27,29-38,49H,13,28H2,1-9H3. The van der Waals surface area contributed by atoms with Gasteiger partial charge < -0.3 is 4.90 Å². The van der Waals surface area contributed by atoms with Crippen LogP contribution in [0.5, 0.6) is 0 Å². The molecule has 0 heterocycles. The van der Waals surface area contributed by atoms with Crippen LogP contribution in [0.2, 0.25) is 0 Å². The van der Waals surface area contributed by atoms with Crippen LogP contribution in [0.3, 0.4) is 0 Å². The molecule has 0 bridgehead atoms. The van der Waals surface area contributed by atoms with Crippen molar-refractivity contribution in [3.63, 3.8) is 0 Å². The van der Waals surface area contributed by atoms with E-state index in [0.717, 1.165) is 12.8 Å². The number of hydrogen-bond donors (Lipinski definition) is 0. The molecule has 9 rings (SSSR count). The van der Waals surface area contributed by atoms with Crippen molar-refractivity contribution in [2.45, 2.75) is 80.6 Å². The lowest BCUT2D eigenvalue weighted by molar-refractivity contribution is 0.219. The van der Waals surface area contributed by atoms with E-state index in [4.69, 9.17) is 0 Å². The van der Waals surface area contributed by atoms with Gasteiger partial charge in [0.05, 0.1) is 17.1 Å². The number of para-hydroxylation sites is 2. The van der Waals surface area contributed by atoms with Crippen LogP contribution in [0, 0.1) is 22.7 Å². The number of rotatable bonds is 6. The lowest BCUT2D eigenvalue weighted by atomic mass is 9.63. The van der Waals surface area contributed by atoms with Crippen LogP contribution in [0.15, 0.2) is 169 Å². The van der Waals surface area contributed by atoms with Crippen LogP contribution in [-0.2, 0) is 5.41 Å². The second-order valence-electron chi connectivity index (χ2n) is 19.8. The summed E-state index contributed by atoms with van der Waals surface area (Å²) < 4.78 is 0. The average Bonchev–Trinajstić information content (AvgIpc) is 3.47. The van der Waals surface area contributed by atoms with Crippen molar-refractivity contribution in [3.05, 3.63) is 186 Å². The first-order valence-electron chi connectivity index (χ1n) is 21.8. The highest BCUT2D eigenvalue weighted by Crippen LogP contribution is 2.57. The van der Waals surface area contributed by atoms with E-state index in [2.05, 4.69) is 225 Å². The van der Waals surface area contributed by atoms with Crippen molar-refractivity contribution in [3.8, 4) is 22.3 Å². The van der Waals surface area contributed by atoms with Crippen molar-refractivity contribution in [2.24, 2.45) is 22.7 Å². The second kappa shape index (κ2) is 14.6. The van der Waals surface area contributed by atoms with E-state index in [9.17, 15) is 0 Å². The van der Waals surface area contributed by atoms with Crippen LogP contribution in [0.25, 0.3) is 44.2 Å². The van der Waals surface area contributed by atoms with Gasteiger partial charge in [-0.05, 0) is 103 Å². The van der Waals surface area contributed by atoms with E-state index in [-0.39, 0.29) is 16.2 Å². The van der Waals surface area contributed by atoms with Crippen molar-refractivity contribution in [2.75, 3.05) is 4.90 Å². The molecule has 296 valence electrons. The highest BCUT2D eigenvalue weighted by molar-refractivity contribution is 6.09. The Morgan fingerprint density at radius 2 is 1.20 bits per heavy atom. The first-order chi connectivity index (χ1) is 28.2. The van der Waals surface area contributed by atoms with Gasteiger partial charge in [0, 0.05) is 22.1 Å². The van der Waals surface area contributed by atoms with E-state index in [1.54, 1.807) is 0 Å². The molecule has 1 heteroatoms. The Hall–Kier alpha value is -5.66. The quantitative estimate of drug-likeness (QED) is 0.163. The Kier molecular flexibility index (Phi) is 9.58. The second-order valence-corrected chi connectivity index (χ2v) is 19.8. The van der Waals surface area contributed by atoms with Crippen molar-refractivity contribution in [1.82, 2.24) is 0 Å². The minimum atomic E-state index is -0.0885. The fourth-order valence-electron chi connectivity index (χ4n) is 10.8. The third kappa shape index (κ3) is 6.64. The lowest BCUT2D eigenvalue weighted by Gasteiger charge is -2.42. The van der Waals surface area contributed by atoms with Crippen LogP contribution >= 0.6 is 0 Å². The summed E-state index contributed by atoms with van der Waals surface area (Å²) in [4.78, 5) is 2.63.